The van der Waals surface area contributed by atoms with E-state index in [2.05, 4.69) is 83.3 Å². The summed E-state index contributed by atoms with van der Waals surface area (Å²) in [5.41, 5.74) is 9.03. The zero-order valence-electron chi connectivity index (χ0n) is 15.9. The molecule has 2 heteroatoms. The predicted molar refractivity (Wildman–Crippen MR) is 102 cm³/mol. The molecule has 1 unspecified atom stereocenters. The monoisotopic (exact) mass is 316 g/mol. The summed E-state index contributed by atoms with van der Waals surface area (Å²) in [5, 5.41) is 3.54. The molecule has 0 aliphatic rings. The van der Waals surface area contributed by atoms with Crippen molar-refractivity contribution in [3.8, 4) is 0 Å². The van der Waals surface area contributed by atoms with Crippen molar-refractivity contribution < 1.29 is 0 Å². The quantitative estimate of drug-likeness (QED) is 0.645. The summed E-state index contributed by atoms with van der Waals surface area (Å²) in [6.07, 6.45) is 3.56. The Hall–Kier alpha value is -1.12. The highest BCUT2D eigenvalue weighted by molar-refractivity contribution is 5.15. The number of rotatable bonds is 9. The van der Waals surface area contributed by atoms with Gasteiger partial charge < -0.3 is 11.1 Å². The average Bonchev–Trinajstić information content (AvgIpc) is 2.48. The summed E-state index contributed by atoms with van der Waals surface area (Å²) < 4.78 is 0. The highest BCUT2D eigenvalue weighted by atomic mass is 14.8. The SMILES string of the molecule is CCC(CN)C(C)(C)C(C)(C)/C=C(/C)CNCc1ccccc1. The van der Waals surface area contributed by atoms with E-state index in [9.17, 15) is 0 Å². The molecular formula is C21H36N2. The van der Waals surface area contributed by atoms with Gasteiger partial charge in [-0.25, -0.2) is 0 Å². The first kappa shape index (κ1) is 19.9. The van der Waals surface area contributed by atoms with Crippen LogP contribution in [0, 0.1) is 16.7 Å². The lowest BCUT2D eigenvalue weighted by Crippen LogP contribution is -2.41. The summed E-state index contributed by atoms with van der Waals surface area (Å²) in [4.78, 5) is 0. The third-order valence-electron chi connectivity index (χ3n) is 5.64. The minimum Gasteiger partial charge on any atom is -0.330 e. The summed E-state index contributed by atoms with van der Waals surface area (Å²) >= 11 is 0. The molecule has 0 aliphatic heterocycles. The summed E-state index contributed by atoms with van der Waals surface area (Å²) in [6, 6.07) is 10.5. The zero-order chi connectivity index (χ0) is 17.5. The van der Waals surface area contributed by atoms with Gasteiger partial charge in [-0.3, -0.25) is 0 Å². The third-order valence-corrected chi connectivity index (χ3v) is 5.64. The molecule has 0 saturated carbocycles. The Kier molecular flexibility index (Phi) is 7.50. The maximum absolute atomic E-state index is 6.01. The molecule has 0 spiro atoms. The van der Waals surface area contributed by atoms with Gasteiger partial charge in [0.2, 0.25) is 0 Å². The van der Waals surface area contributed by atoms with Crippen LogP contribution in [-0.4, -0.2) is 13.1 Å². The number of nitrogens with one attached hydrogen (secondary N) is 1. The molecule has 0 fully saturated rings. The molecule has 0 bridgehead atoms. The minimum atomic E-state index is 0.117. The lowest BCUT2D eigenvalue weighted by molar-refractivity contribution is 0.0797. The summed E-state index contributed by atoms with van der Waals surface area (Å²) in [6.45, 7) is 16.4. The van der Waals surface area contributed by atoms with Gasteiger partial charge in [-0.2, -0.15) is 0 Å². The molecule has 130 valence electrons. The van der Waals surface area contributed by atoms with Gasteiger partial charge in [0.25, 0.3) is 0 Å². The van der Waals surface area contributed by atoms with Gasteiger partial charge in [-0.05, 0) is 35.8 Å². The van der Waals surface area contributed by atoms with E-state index >= 15 is 0 Å². The van der Waals surface area contributed by atoms with Crippen molar-refractivity contribution in [2.75, 3.05) is 13.1 Å². The molecule has 1 aromatic carbocycles. The lowest BCUT2D eigenvalue weighted by atomic mass is 9.60. The largest absolute Gasteiger partial charge is 0.330 e. The van der Waals surface area contributed by atoms with E-state index < -0.39 is 0 Å². The smallest absolute Gasteiger partial charge is 0.0208 e. The van der Waals surface area contributed by atoms with E-state index in [1.54, 1.807) is 0 Å². The fourth-order valence-electron chi connectivity index (χ4n) is 3.35. The van der Waals surface area contributed by atoms with E-state index in [-0.39, 0.29) is 10.8 Å². The van der Waals surface area contributed by atoms with Crippen molar-refractivity contribution in [3.63, 3.8) is 0 Å². The van der Waals surface area contributed by atoms with Gasteiger partial charge in [0, 0.05) is 13.1 Å². The van der Waals surface area contributed by atoms with Crippen LogP contribution < -0.4 is 11.1 Å². The summed E-state index contributed by atoms with van der Waals surface area (Å²) in [7, 11) is 0. The second-order valence-corrected chi connectivity index (χ2v) is 7.86. The molecule has 0 heterocycles. The molecular weight excluding hydrogens is 280 g/mol. The van der Waals surface area contributed by atoms with Gasteiger partial charge in [0.15, 0.2) is 0 Å². The normalized spacial score (nSPS) is 14.8. The Bertz CT molecular complexity index is 482. The highest BCUT2D eigenvalue weighted by Gasteiger charge is 2.40. The third kappa shape index (κ3) is 5.47. The second kappa shape index (κ2) is 8.65. The van der Waals surface area contributed by atoms with Crippen molar-refractivity contribution in [1.29, 1.82) is 0 Å². The van der Waals surface area contributed by atoms with Crippen LogP contribution >= 0.6 is 0 Å². The van der Waals surface area contributed by atoms with Crippen LogP contribution in [-0.2, 0) is 6.54 Å². The maximum atomic E-state index is 6.01. The van der Waals surface area contributed by atoms with Crippen LogP contribution in [0.2, 0.25) is 0 Å². The van der Waals surface area contributed by atoms with Gasteiger partial charge in [0.05, 0.1) is 0 Å². The average molecular weight is 317 g/mol. The summed E-state index contributed by atoms with van der Waals surface area (Å²) in [5.74, 6) is 0.541. The molecule has 1 atom stereocenters. The van der Waals surface area contributed by atoms with Crippen molar-refractivity contribution in [3.05, 3.63) is 47.5 Å². The van der Waals surface area contributed by atoms with Crippen molar-refractivity contribution in [2.45, 2.75) is 54.5 Å². The standard InChI is InChI=1S/C21H36N2/c1-7-19(14-22)21(5,6)20(3,4)13-17(2)15-23-16-18-11-9-8-10-12-18/h8-13,19,23H,7,14-16,22H2,1-6H3/b17-13-. The van der Waals surface area contributed by atoms with E-state index in [0.29, 0.717) is 5.92 Å². The Morgan fingerprint density at radius 3 is 2.30 bits per heavy atom. The van der Waals surface area contributed by atoms with Crippen LogP contribution in [0.4, 0.5) is 0 Å². The Morgan fingerprint density at radius 2 is 1.78 bits per heavy atom. The van der Waals surface area contributed by atoms with E-state index in [4.69, 9.17) is 5.73 Å². The molecule has 0 aromatic heterocycles. The second-order valence-electron chi connectivity index (χ2n) is 7.86. The molecule has 0 radical (unpaired) electrons. The number of allylic oxidation sites excluding steroid dienone is 1. The molecule has 0 saturated heterocycles. The lowest BCUT2D eigenvalue weighted by Gasteiger charge is -2.45. The first-order valence-corrected chi connectivity index (χ1v) is 8.87. The van der Waals surface area contributed by atoms with Gasteiger partial charge in [-0.1, -0.05) is 83.0 Å². The van der Waals surface area contributed by atoms with Crippen LogP contribution in [0.5, 0.6) is 0 Å². The number of nitrogens with two attached hydrogens (primary N) is 1. The fraction of sp³-hybridized carbons (Fsp3) is 0.619. The van der Waals surface area contributed by atoms with Crippen LogP contribution in [0.15, 0.2) is 42.0 Å². The molecule has 2 nitrogen and oxygen atoms in total. The molecule has 1 aromatic rings. The van der Waals surface area contributed by atoms with Gasteiger partial charge in [-0.15, -0.1) is 0 Å². The van der Waals surface area contributed by atoms with Crippen molar-refractivity contribution >= 4 is 0 Å². The fourth-order valence-corrected chi connectivity index (χ4v) is 3.35. The van der Waals surface area contributed by atoms with Gasteiger partial charge >= 0.3 is 0 Å². The first-order valence-electron chi connectivity index (χ1n) is 8.87. The minimum absolute atomic E-state index is 0.117. The topological polar surface area (TPSA) is 38.0 Å². The van der Waals surface area contributed by atoms with E-state index in [1.807, 2.05) is 0 Å². The Balaban J connectivity index is 2.67. The highest BCUT2D eigenvalue weighted by Crippen LogP contribution is 2.46. The van der Waals surface area contributed by atoms with Gasteiger partial charge in [0.1, 0.15) is 0 Å². The van der Waals surface area contributed by atoms with Crippen molar-refractivity contribution in [1.82, 2.24) is 5.32 Å². The Morgan fingerprint density at radius 1 is 1.17 bits per heavy atom. The maximum Gasteiger partial charge on any atom is 0.0208 e. The first-order chi connectivity index (χ1) is 10.7. The molecule has 23 heavy (non-hydrogen) atoms. The molecule has 1 rings (SSSR count). The molecule has 0 aliphatic carbocycles. The van der Waals surface area contributed by atoms with E-state index in [1.165, 1.54) is 11.1 Å². The van der Waals surface area contributed by atoms with Crippen LogP contribution in [0.1, 0.15) is 53.5 Å². The number of hydrogen-bond acceptors (Lipinski definition) is 2. The van der Waals surface area contributed by atoms with Crippen LogP contribution in [0.25, 0.3) is 0 Å². The predicted octanol–water partition coefficient (Wildman–Crippen LogP) is 4.76. The van der Waals surface area contributed by atoms with E-state index in [0.717, 1.165) is 26.1 Å². The molecule has 3 N–H and O–H groups in total. The van der Waals surface area contributed by atoms with Crippen LogP contribution in [0.3, 0.4) is 0 Å². The Labute approximate surface area is 143 Å². The number of hydrogen-bond donors (Lipinski definition) is 2. The zero-order valence-corrected chi connectivity index (χ0v) is 15.9. The number of benzene rings is 1. The van der Waals surface area contributed by atoms with Crippen molar-refractivity contribution in [2.24, 2.45) is 22.5 Å². The molecule has 0 amide bonds.